The molecule has 1 aromatic heterocycles. The normalized spacial score (nSPS) is 10.6. The van der Waals surface area contributed by atoms with Crippen LogP contribution in [0.1, 0.15) is 29.2 Å². The highest BCUT2D eigenvalue weighted by atomic mass is 32.1. The molecule has 1 rings (SSSR count). The fraction of sp³-hybridized carbons (Fsp3) is 0.556. The fourth-order valence-electron chi connectivity index (χ4n) is 0.962. The molecule has 0 spiro atoms. The molecule has 14 heavy (non-hydrogen) atoms. The van der Waals surface area contributed by atoms with Crippen molar-refractivity contribution in [1.82, 2.24) is 4.98 Å². The summed E-state index contributed by atoms with van der Waals surface area (Å²) in [4.78, 5) is 15.4. The summed E-state index contributed by atoms with van der Waals surface area (Å²) in [6.45, 7) is 6.75. The predicted octanol–water partition coefficient (Wildman–Crippen LogP) is 2.22. The Labute approximate surface area is 87.0 Å². The van der Waals surface area contributed by atoms with Crippen LogP contribution in [-0.4, -0.2) is 22.6 Å². The lowest BCUT2D eigenvalue weighted by Crippen LogP contribution is -2.08. The summed E-state index contributed by atoms with van der Waals surface area (Å²) in [5.74, 6) is -0.441. The van der Waals surface area contributed by atoms with Crippen molar-refractivity contribution in [2.75, 3.05) is 11.9 Å². The van der Waals surface area contributed by atoms with E-state index in [1.807, 2.05) is 0 Å². The van der Waals surface area contributed by atoms with Gasteiger partial charge in [0.25, 0.3) is 0 Å². The molecule has 0 aliphatic carbocycles. The van der Waals surface area contributed by atoms with Gasteiger partial charge in [-0.15, -0.1) is 11.3 Å². The van der Waals surface area contributed by atoms with E-state index in [4.69, 9.17) is 5.11 Å². The smallest absolute Gasteiger partial charge is 0.355 e. The molecule has 4 nitrogen and oxygen atoms in total. The average Bonchev–Trinajstić information content (AvgIpc) is 2.43. The minimum atomic E-state index is -0.962. The molecule has 0 aliphatic heterocycles. The molecule has 0 saturated heterocycles. The number of nitrogens with one attached hydrogen (secondary N) is 1. The number of aromatic carboxylic acids is 1. The molecule has 0 atom stereocenters. The largest absolute Gasteiger partial charge is 0.476 e. The van der Waals surface area contributed by atoms with E-state index in [1.165, 1.54) is 11.3 Å². The maximum Gasteiger partial charge on any atom is 0.355 e. The van der Waals surface area contributed by atoms with Gasteiger partial charge in [-0.05, 0) is 12.8 Å². The van der Waals surface area contributed by atoms with Crippen molar-refractivity contribution in [2.45, 2.75) is 20.8 Å². The SMILES string of the molecule is Cc1sc(NCC(C)C)nc1C(=O)O. The summed E-state index contributed by atoms with van der Waals surface area (Å²) in [5, 5.41) is 12.6. The van der Waals surface area contributed by atoms with Crippen molar-refractivity contribution in [3.05, 3.63) is 10.6 Å². The number of nitrogens with zero attached hydrogens (tertiary/aromatic N) is 1. The second kappa shape index (κ2) is 4.41. The molecule has 0 aromatic carbocycles. The molecule has 0 amide bonds. The summed E-state index contributed by atoms with van der Waals surface area (Å²) in [5.41, 5.74) is 0.154. The molecular formula is C9H14N2O2S. The van der Waals surface area contributed by atoms with Crippen LogP contribution in [0.5, 0.6) is 0 Å². The topological polar surface area (TPSA) is 62.2 Å². The molecule has 0 bridgehead atoms. The van der Waals surface area contributed by atoms with Crippen LogP contribution in [0, 0.1) is 12.8 Å². The van der Waals surface area contributed by atoms with Gasteiger partial charge in [-0.1, -0.05) is 13.8 Å². The number of thiazole rings is 1. The Bertz CT molecular complexity index is 334. The van der Waals surface area contributed by atoms with E-state index in [0.29, 0.717) is 11.0 Å². The van der Waals surface area contributed by atoms with E-state index in [2.05, 4.69) is 24.1 Å². The van der Waals surface area contributed by atoms with E-state index >= 15 is 0 Å². The molecule has 0 saturated carbocycles. The van der Waals surface area contributed by atoms with Gasteiger partial charge < -0.3 is 10.4 Å². The van der Waals surface area contributed by atoms with E-state index in [9.17, 15) is 4.79 Å². The maximum absolute atomic E-state index is 10.7. The quantitative estimate of drug-likeness (QED) is 0.806. The van der Waals surface area contributed by atoms with Crippen LogP contribution < -0.4 is 5.32 Å². The maximum atomic E-state index is 10.7. The van der Waals surface area contributed by atoms with Gasteiger partial charge in [0, 0.05) is 11.4 Å². The number of carboxylic acid groups (broad SMARTS) is 1. The zero-order valence-corrected chi connectivity index (χ0v) is 9.31. The van der Waals surface area contributed by atoms with Crippen molar-refractivity contribution in [3.63, 3.8) is 0 Å². The van der Waals surface area contributed by atoms with Gasteiger partial charge in [0.15, 0.2) is 10.8 Å². The molecule has 0 fully saturated rings. The van der Waals surface area contributed by atoms with Crippen LogP contribution in [0.3, 0.4) is 0 Å². The standard InChI is InChI=1S/C9H14N2O2S/c1-5(2)4-10-9-11-7(8(12)13)6(3)14-9/h5H,4H2,1-3H3,(H,10,11)(H,12,13). The number of aromatic nitrogens is 1. The van der Waals surface area contributed by atoms with E-state index < -0.39 is 5.97 Å². The van der Waals surface area contributed by atoms with Crippen LogP contribution in [0.4, 0.5) is 5.13 Å². The van der Waals surface area contributed by atoms with Gasteiger partial charge in [0.1, 0.15) is 0 Å². The highest BCUT2D eigenvalue weighted by Gasteiger charge is 2.13. The van der Waals surface area contributed by atoms with Crippen molar-refractivity contribution in [3.8, 4) is 0 Å². The monoisotopic (exact) mass is 214 g/mol. The molecule has 5 heteroatoms. The van der Waals surface area contributed by atoms with Crippen LogP contribution in [0.15, 0.2) is 0 Å². The van der Waals surface area contributed by atoms with E-state index in [-0.39, 0.29) is 5.69 Å². The molecule has 1 aromatic rings. The number of anilines is 1. The fourth-order valence-corrected chi connectivity index (χ4v) is 1.77. The highest BCUT2D eigenvalue weighted by Crippen LogP contribution is 2.21. The van der Waals surface area contributed by atoms with E-state index in [0.717, 1.165) is 11.4 Å². The van der Waals surface area contributed by atoms with Crippen molar-refractivity contribution < 1.29 is 9.90 Å². The minimum absolute atomic E-state index is 0.154. The highest BCUT2D eigenvalue weighted by molar-refractivity contribution is 7.15. The predicted molar refractivity (Wildman–Crippen MR) is 57.1 cm³/mol. The zero-order chi connectivity index (χ0) is 10.7. The number of rotatable bonds is 4. The third kappa shape index (κ3) is 2.70. The van der Waals surface area contributed by atoms with Gasteiger partial charge in [-0.25, -0.2) is 9.78 Å². The lowest BCUT2D eigenvalue weighted by Gasteiger charge is -2.04. The number of carboxylic acids is 1. The summed E-state index contributed by atoms with van der Waals surface area (Å²) in [6.07, 6.45) is 0. The molecule has 0 aliphatic rings. The summed E-state index contributed by atoms with van der Waals surface area (Å²) in [6, 6.07) is 0. The third-order valence-electron chi connectivity index (χ3n) is 1.66. The first-order valence-electron chi connectivity index (χ1n) is 4.45. The second-order valence-electron chi connectivity index (χ2n) is 3.50. The molecule has 78 valence electrons. The van der Waals surface area contributed by atoms with Crippen LogP contribution >= 0.6 is 11.3 Å². The molecule has 0 radical (unpaired) electrons. The average molecular weight is 214 g/mol. The van der Waals surface area contributed by atoms with Gasteiger partial charge in [-0.2, -0.15) is 0 Å². The van der Waals surface area contributed by atoms with Crippen molar-refractivity contribution >= 4 is 22.4 Å². The molecular weight excluding hydrogens is 200 g/mol. The Morgan fingerprint density at radius 2 is 2.29 bits per heavy atom. The van der Waals surface area contributed by atoms with Crippen LogP contribution in [0.2, 0.25) is 0 Å². The summed E-state index contributed by atoms with van der Waals surface area (Å²) >= 11 is 1.38. The minimum Gasteiger partial charge on any atom is -0.476 e. The Hall–Kier alpha value is -1.10. The number of carbonyl (C=O) groups is 1. The summed E-state index contributed by atoms with van der Waals surface area (Å²) < 4.78 is 0. The van der Waals surface area contributed by atoms with E-state index in [1.54, 1.807) is 6.92 Å². The third-order valence-corrected chi connectivity index (χ3v) is 2.59. The van der Waals surface area contributed by atoms with Crippen LogP contribution in [0.25, 0.3) is 0 Å². The van der Waals surface area contributed by atoms with Crippen LogP contribution in [-0.2, 0) is 0 Å². The molecule has 1 heterocycles. The zero-order valence-electron chi connectivity index (χ0n) is 8.50. The summed E-state index contributed by atoms with van der Waals surface area (Å²) in [7, 11) is 0. The van der Waals surface area contributed by atoms with Crippen molar-refractivity contribution in [2.24, 2.45) is 5.92 Å². The first-order chi connectivity index (χ1) is 6.50. The van der Waals surface area contributed by atoms with Gasteiger partial charge >= 0.3 is 5.97 Å². The lowest BCUT2D eigenvalue weighted by atomic mass is 10.2. The first kappa shape index (κ1) is 11.0. The Morgan fingerprint density at radius 1 is 1.64 bits per heavy atom. The van der Waals surface area contributed by atoms with Crippen molar-refractivity contribution in [1.29, 1.82) is 0 Å². The second-order valence-corrected chi connectivity index (χ2v) is 4.71. The Morgan fingerprint density at radius 3 is 2.71 bits per heavy atom. The number of hydrogen-bond donors (Lipinski definition) is 2. The lowest BCUT2D eigenvalue weighted by molar-refractivity contribution is 0.0690. The number of hydrogen-bond acceptors (Lipinski definition) is 4. The van der Waals surface area contributed by atoms with Gasteiger partial charge in [-0.3, -0.25) is 0 Å². The van der Waals surface area contributed by atoms with Gasteiger partial charge in [0.05, 0.1) is 0 Å². The Kier molecular flexibility index (Phi) is 3.46. The molecule has 2 N–H and O–H groups in total. The number of aryl methyl sites for hydroxylation is 1. The molecule has 0 unspecified atom stereocenters. The first-order valence-corrected chi connectivity index (χ1v) is 5.27. The Balaban J connectivity index is 2.71. The van der Waals surface area contributed by atoms with Gasteiger partial charge in [0.2, 0.25) is 0 Å².